The first kappa shape index (κ1) is 19.8. The molecule has 8 heteroatoms. The van der Waals surface area contributed by atoms with Crippen molar-refractivity contribution in [2.45, 2.75) is 25.9 Å². The molecule has 3 N–H and O–H groups in total. The standard InChI is InChI=1S/C17H22Cl2N2O4/c1-10-7-12(10)17(24)20-6-5-15(23)21-8-11(22)9-25-14-4-2-3-13(18)16(14)19/h2-4,10-12,22H,5-9H2,1H3,(H,20,24)(H,21,23). The highest BCUT2D eigenvalue weighted by molar-refractivity contribution is 6.42. The van der Waals surface area contributed by atoms with Gasteiger partial charge >= 0.3 is 0 Å². The number of rotatable bonds is 9. The third-order valence-corrected chi connectivity index (χ3v) is 4.78. The van der Waals surface area contributed by atoms with Crippen LogP contribution in [0, 0.1) is 11.8 Å². The Morgan fingerprint density at radius 1 is 1.36 bits per heavy atom. The number of benzene rings is 1. The van der Waals surface area contributed by atoms with Gasteiger partial charge in [0.2, 0.25) is 11.8 Å². The van der Waals surface area contributed by atoms with E-state index in [0.29, 0.717) is 23.2 Å². The van der Waals surface area contributed by atoms with Crippen LogP contribution in [0.15, 0.2) is 18.2 Å². The van der Waals surface area contributed by atoms with E-state index in [4.69, 9.17) is 27.9 Å². The van der Waals surface area contributed by atoms with E-state index in [1.165, 1.54) is 0 Å². The maximum absolute atomic E-state index is 11.7. The van der Waals surface area contributed by atoms with Gasteiger partial charge in [0.1, 0.15) is 23.5 Å². The number of carbonyl (C=O) groups is 2. The first-order chi connectivity index (χ1) is 11.9. The zero-order valence-corrected chi connectivity index (χ0v) is 15.4. The number of hydrogen-bond donors (Lipinski definition) is 3. The predicted octanol–water partition coefficient (Wildman–Crippen LogP) is 2.01. The summed E-state index contributed by atoms with van der Waals surface area (Å²) >= 11 is 11.9. The third-order valence-electron chi connectivity index (χ3n) is 3.98. The molecule has 2 rings (SSSR count). The lowest BCUT2D eigenvalue weighted by Gasteiger charge is -2.14. The molecule has 1 aliphatic rings. The van der Waals surface area contributed by atoms with Gasteiger partial charge in [-0.25, -0.2) is 0 Å². The van der Waals surface area contributed by atoms with Crippen LogP contribution in [-0.2, 0) is 9.59 Å². The Kier molecular flexibility index (Phi) is 7.35. The van der Waals surface area contributed by atoms with E-state index in [1.807, 2.05) is 6.92 Å². The lowest BCUT2D eigenvalue weighted by Crippen LogP contribution is -2.37. The molecule has 3 unspecified atom stereocenters. The maximum atomic E-state index is 11.7. The molecule has 0 radical (unpaired) electrons. The summed E-state index contributed by atoms with van der Waals surface area (Å²) in [5.74, 6) is 0.671. The number of halogens is 2. The lowest BCUT2D eigenvalue weighted by molar-refractivity contribution is -0.123. The van der Waals surface area contributed by atoms with Gasteiger partial charge in [0, 0.05) is 25.4 Å². The lowest BCUT2D eigenvalue weighted by atomic mass is 10.3. The van der Waals surface area contributed by atoms with Crippen LogP contribution in [0.3, 0.4) is 0 Å². The molecule has 2 amide bonds. The maximum Gasteiger partial charge on any atom is 0.223 e. The van der Waals surface area contributed by atoms with Crippen LogP contribution in [0.4, 0.5) is 0 Å². The van der Waals surface area contributed by atoms with Crippen molar-refractivity contribution in [1.82, 2.24) is 10.6 Å². The second-order valence-electron chi connectivity index (χ2n) is 6.18. The Labute approximate surface area is 156 Å². The van der Waals surface area contributed by atoms with Gasteiger partial charge in [-0.1, -0.05) is 36.2 Å². The molecule has 0 spiro atoms. The molecule has 0 saturated heterocycles. The molecule has 6 nitrogen and oxygen atoms in total. The highest BCUT2D eigenvalue weighted by Gasteiger charge is 2.38. The van der Waals surface area contributed by atoms with E-state index in [2.05, 4.69) is 10.6 Å². The third kappa shape index (κ3) is 6.38. The summed E-state index contributed by atoms with van der Waals surface area (Å²) in [5.41, 5.74) is 0. The Morgan fingerprint density at radius 2 is 2.08 bits per heavy atom. The van der Waals surface area contributed by atoms with Crippen molar-refractivity contribution < 1.29 is 19.4 Å². The van der Waals surface area contributed by atoms with Crippen LogP contribution in [0.2, 0.25) is 10.0 Å². The minimum atomic E-state index is -0.888. The summed E-state index contributed by atoms with van der Waals surface area (Å²) in [6.07, 6.45) is 0.197. The Hall–Kier alpha value is -1.50. The summed E-state index contributed by atoms with van der Waals surface area (Å²) in [6.45, 7) is 2.33. The van der Waals surface area contributed by atoms with Gasteiger partial charge in [-0.3, -0.25) is 9.59 Å². The number of hydrogen-bond acceptors (Lipinski definition) is 4. The fourth-order valence-electron chi connectivity index (χ4n) is 2.28. The zero-order chi connectivity index (χ0) is 18.4. The highest BCUT2D eigenvalue weighted by Crippen LogP contribution is 2.37. The predicted molar refractivity (Wildman–Crippen MR) is 95.9 cm³/mol. The summed E-state index contributed by atoms with van der Waals surface area (Å²) in [5, 5.41) is 15.8. The zero-order valence-electron chi connectivity index (χ0n) is 13.9. The molecule has 25 heavy (non-hydrogen) atoms. The van der Waals surface area contributed by atoms with E-state index < -0.39 is 6.10 Å². The first-order valence-corrected chi connectivity index (χ1v) is 8.93. The molecule has 138 valence electrons. The van der Waals surface area contributed by atoms with Gasteiger partial charge in [0.15, 0.2) is 0 Å². The molecule has 3 atom stereocenters. The van der Waals surface area contributed by atoms with Crippen LogP contribution in [-0.4, -0.2) is 42.7 Å². The largest absolute Gasteiger partial charge is 0.489 e. The van der Waals surface area contributed by atoms with E-state index in [1.54, 1.807) is 18.2 Å². The van der Waals surface area contributed by atoms with Crippen molar-refractivity contribution >= 4 is 35.0 Å². The van der Waals surface area contributed by atoms with Crippen molar-refractivity contribution in [2.24, 2.45) is 11.8 Å². The van der Waals surface area contributed by atoms with Crippen molar-refractivity contribution in [1.29, 1.82) is 0 Å². The number of carbonyl (C=O) groups excluding carboxylic acids is 2. The molecular formula is C17H22Cl2N2O4. The Balaban J connectivity index is 1.59. The van der Waals surface area contributed by atoms with Gasteiger partial charge in [0.05, 0.1) is 5.02 Å². The summed E-state index contributed by atoms with van der Waals surface area (Å²) in [6, 6.07) is 4.97. The van der Waals surface area contributed by atoms with Gasteiger partial charge in [0.25, 0.3) is 0 Å². The summed E-state index contributed by atoms with van der Waals surface area (Å²) in [4.78, 5) is 23.3. The average molecular weight is 389 g/mol. The van der Waals surface area contributed by atoms with Crippen LogP contribution in [0.1, 0.15) is 19.8 Å². The minimum absolute atomic E-state index is 0.00661. The number of amides is 2. The average Bonchev–Trinajstić information content (AvgIpc) is 3.31. The SMILES string of the molecule is CC1CC1C(=O)NCCC(=O)NCC(O)COc1cccc(Cl)c1Cl. The monoisotopic (exact) mass is 388 g/mol. The smallest absolute Gasteiger partial charge is 0.223 e. The fourth-order valence-corrected chi connectivity index (χ4v) is 2.62. The number of aliphatic hydroxyl groups is 1. The van der Waals surface area contributed by atoms with Gasteiger partial charge in [-0.2, -0.15) is 0 Å². The molecule has 1 aromatic rings. The Bertz CT molecular complexity index is 627. The molecular weight excluding hydrogens is 367 g/mol. The van der Waals surface area contributed by atoms with Gasteiger partial charge < -0.3 is 20.5 Å². The van der Waals surface area contributed by atoms with Crippen LogP contribution >= 0.6 is 23.2 Å². The van der Waals surface area contributed by atoms with Gasteiger partial charge in [-0.05, 0) is 24.5 Å². The molecule has 1 fully saturated rings. The molecule has 0 aromatic heterocycles. The van der Waals surface area contributed by atoms with Crippen molar-refractivity contribution in [3.05, 3.63) is 28.2 Å². The van der Waals surface area contributed by atoms with Crippen molar-refractivity contribution in [3.8, 4) is 5.75 Å². The van der Waals surface area contributed by atoms with Crippen LogP contribution in [0.25, 0.3) is 0 Å². The van der Waals surface area contributed by atoms with E-state index in [-0.39, 0.29) is 42.3 Å². The molecule has 1 aliphatic carbocycles. The van der Waals surface area contributed by atoms with E-state index in [0.717, 1.165) is 6.42 Å². The second kappa shape index (κ2) is 9.27. The minimum Gasteiger partial charge on any atom is -0.489 e. The van der Waals surface area contributed by atoms with Crippen LogP contribution in [0.5, 0.6) is 5.75 Å². The first-order valence-electron chi connectivity index (χ1n) is 8.17. The molecule has 0 heterocycles. The fraction of sp³-hybridized carbons (Fsp3) is 0.529. The summed E-state index contributed by atoms with van der Waals surface area (Å²) < 4.78 is 5.39. The van der Waals surface area contributed by atoms with Crippen LogP contribution < -0.4 is 15.4 Å². The highest BCUT2D eigenvalue weighted by atomic mass is 35.5. The number of nitrogens with one attached hydrogen (secondary N) is 2. The molecule has 1 saturated carbocycles. The quantitative estimate of drug-likeness (QED) is 0.603. The Morgan fingerprint density at radius 3 is 2.76 bits per heavy atom. The van der Waals surface area contributed by atoms with E-state index >= 15 is 0 Å². The molecule has 0 aliphatic heterocycles. The number of aliphatic hydroxyl groups excluding tert-OH is 1. The van der Waals surface area contributed by atoms with Gasteiger partial charge in [-0.15, -0.1) is 0 Å². The van der Waals surface area contributed by atoms with Crippen molar-refractivity contribution in [3.63, 3.8) is 0 Å². The molecule has 1 aromatic carbocycles. The normalized spacial score (nSPS) is 19.8. The van der Waals surface area contributed by atoms with Crippen molar-refractivity contribution in [2.75, 3.05) is 19.7 Å². The second-order valence-corrected chi connectivity index (χ2v) is 6.97. The number of ether oxygens (including phenoxy) is 1. The van der Waals surface area contributed by atoms with E-state index in [9.17, 15) is 14.7 Å². The molecule has 0 bridgehead atoms. The summed E-state index contributed by atoms with van der Waals surface area (Å²) in [7, 11) is 0. The topological polar surface area (TPSA) is 87.7 Å².